The van der Waals surface area contributed by atoms with Crippen molar-refractivity contribution in [1.82, 2.24) is 4.31 Å². The molecule has 0 aromatic rings. The first-order valence-electron chi connectivity index (χ1n) is 3.59. The molecule has 0 bridgehead atoms. The molecule has 1 aliphatic rings. The van der Waals surface area contributed by atoms with Gasteiger partial charge in [0, 0.05) is 6.20 Å². The Morgan fingerprint density at radius 3 is 2.85 bits per heavy atom. The molecule has 0 unspecified atom stereocenters. The zero-order valence-electron chi connectivity index (χ0n) is 6.97. The van der Waals surface area contributed by atoms with Crippen LogP contribution in [0.15, 0.2) is 30.1 Å². The lowest BCUT2D eigenvalue weighted by molar-refractivity contribution is 0.198. The predicted octanol–water partition coefficient (Wildman–Crippen LogP) is -0.0993. The van der Waals surface area contributed by atoms with E-state index < -0.39 is 10.9 Å². The van der Waals surface area contributed by atoms with Crippen molar-refractivity contribution in [2.45, 2.75) is 0 Å². The maximum Gasteiger partial charge on any atom is 0.226 e. The molecule has 1 fully saturated rings. The van der Waals surface area contributed by atoms with Crippen LogP contribution in [-0.4, -0.2) is 31.7 Å². The average Bonchev–Trinajstić information content (AvgIpc) is 2.08. The van der Waals surface area contributed by atoms with Gasteiger partial charge in [-0.05, 0) is 0 Å². The van der Waals surface area contributed by atoms with Crippen LogP contribution >= 0.6 is 0 Å². The van der Waals surface area contributed by atoms with Crippen LogP contribution in [0.4, 0.5) is 0 Å². The highest BCUT2D eigenvalue weighted by Crippen LogP contribution is 2.10. The van der Waals surface area contributed by atoms with Crippen molar-refractivity contribution in [3.63, 3.8) is 0 Å². The first kappa shape index (κ1) is 9.79. The van der Waals surface area contributed by atoms with Gasteiger partial charge >= 0.3 is 0 Å². The monoisotopic (exact) mass is 202 g/mol. The Morgan fingerprint density at radius 2 is 2.31 bits per heavy atom. The van der Waals surface area contributed by atoms with Crippen LogP contribution in [0, 0.1) is 0 Å². The van der Waals surface area contributed by atoms with Crippen molar-refractivity contribution in [3.05, 3.63) is 25.1 Å². The molecular weight excluding hydrogens is 192 g/mol. The summed E-state index contributed by atoms with van der Waals surface area (Å²) in [5.74, 6) is 0.461. The van der Waals surface area contributed by atoms with Crippen molar-refractivity contribution < 1.29 is 13.2 Å². The fraction of sp³-hybridized carbons (Fsp3) is 0.286. The Kier molecular flexibility index (Phi) is 3.07. The van der Waals surface area contributed by atoms with Crippen LogP contribution in [0.5, 0.6) is 0 Å². The smallest absolute Gasteiger partial charge is 0.226 e. The van der Waals surface area contributed by atoms with Gasteiger partial charge in [0.05, 0.1) is 6.54 Å². The molecule has 0 spiro atoms. The molecule has 1 saturated heterocycles. The van der Waals surface area contributed by atoms with Crippen LogP contribution in [-0.2, 0) is 15.6 Å². The van der Waals surface area contributed by atoms with Crippen LogP contribution < -0.4 is 0 Å². The molecule has 0 saturated carbocycles. The summed E-state index contributed by atoms with van der Waals surface area (Å²) < 4.78 is 27.6. The SMILES string of the molecule is C=C/N=C1\C(=C)OCCN1[SH](=O)=O. The Labute approximate surface area is 78.1 Å². The third-order valence-corrected chi connectivity index (χ3v) is 2.27. The molecule has 13 heavy (non-hydrogen) atoms. The highest BCUT2D eigenvalue weighted by molar-refractivity contribution is 7.70. The maximum atomic E-state index is 10.7. The van der Waals surface area contributed by atoms with E-state index in [1.807, 2.05) is 0 Å². The Bertz CT molecular complexity index is 325. The Hall–Kier alpha value is -1.30. The summed E-state index contributed by atoms with van der Waals surface area (Å²) in [4.78, 5) is 3.77. The fourth-order valence-electron chi connectivity index (χ4n) is 0.954. The molecule has 1 rings (SSSR count). The van der Waals surface area contributed by atoms with Crippen molar-refractivity contribution in [2.24, 2.45) is 4.99 Å². The van der Waals surface area contributed by atoms with Gasteiger partial charge in [0.1, 0.15) is 6.61 Å². The van der Waals surface area contributed by atoms with Gasteiger partial charge in [0.2, 0.25) is 10.9 Å². The quantitative estimate of drug-likeness (QED) is 0.636. The van der Waals surface area contributed by atoms with E-state index in [1.54, 1.807) is 0 Å². The van der Waals surface area contributed by atoms with Crippen LogP contribution in [0.1, 0.15) is 0 Å². The van der Waals surface area contributed by atoms with Gasteiger partial charge in [-0.1, -0.05) is 13.2 Å². The summed E-state index contributed by atoms with van der Waals surface area (Å²) in [5, 5.41) is 0. The summed E-state index contributed by atoms with van der Waals surface area (Å²) in [6, 6.07) is 0. The molecule has 1 heterocycles. The summed E-state index contributed by atoms with van der Waals surface area (Å²) in [7, 11) is -2.68. The third kappa shape index (κ3) is 2.09. The minimum Gasteiger partial charge on any atom is -0.488 e. The standard InChI is InChI=1S/C7H10N2O3S/c1-3-8-7-6(2)12-5-4-9(7)13(10)11/h3,13H,1-2,4-5H2/b8-7+. The molecule has 72 valence electrons. The van der Waals surface area contributed by atoms with Crippen molar-refractivity contribution in [3.8, 4) is 0 Å². The molecule has 0 N–H and O–H groups in total. The van der Waals surface area contributed by atoms with E-state index in [4.69, 9.17) is 4.74 Å². The van der Waals surface area contributed by atoms with E-state index >= 15 is 0 Å². The van der Waals surface area contributed by atoms with E-state index in [0.717, 1.165) is 4.31 Å². The second-order valence-electron chi connectivity index (χ2n) is 2.27. The van der Waals surface area contributed by atoms with Gasteiger partial charge in [0.15, 0.2) is 11.6 Å². The number of hydrogen-bond acceptors (Lipinski definition) is 4. The Morgan fingerprint density at radius 1 is 1.62 bits per heavy atom. The minimum atomic E-state index is -2.68. The van der Waals surface area contributed by atoms with Gasteiger partial charge in [0.25, 0.3) is 0 Å². The average molecular weight is 202 g/mol. The molecule has 0 amide bonds. The van der Waals surface area contributed by atoms with Crippen LogP contribution in [0.25, 0.3) is 0 Å². The largest absolute Gasteiger partial charge is 0.488 e. The number of hydrogen-bond donors (Lipinski definition) is 1. The number of nitrogens with zero attached hydrogens (tertiary/aromatic N) is 2. The van der Waals surface area contributed by atoms with Crippen LogP contribution in [0.2, 0.25) is 0 Å². The highest BCUT2D eigenvalue weighted by Gasteiger charge is 2.22. The van der Waals surface area contributed by atoms with Gasteiger partial charge < -0.3 is 4.74 Å². The number of thiol groups is 1. The number of ether oxygens (including phenoxy) is 1. The lowest BCUT2D eigenvalue weighted by atomic mass is 10.4. The lowest BCUT2D eigenvalue weighted by Crippen LogP contribution is -2.38. The second-order valence-corrected chi connectivity index (χ2v) is 3.23. The summed E-state index contributed by atoms with van der Waals surface area (Å²) in [6.45, 7) is 7.48. The molecule has 0 radical (unpaired) electrons. The van der Waals surface area contributed by atoms with E-state index in [2.05, 4.69) is 18.2 Å². The van der Waals surface area contributed by atoms with Gasteiger partial charge in [-0.25, -0.2) is 17.7 Å². The first-order valence-corrected chi connectivity index (χ1v) is 4.72. The normalized spacial score (nSPS) is 20.5. The first-order chi connectivity index (χ1) is 6.16. The zero-order chi connectivity index (χ0) is 9.84. The van der Waals surface area contributed by atoms with Crippen molar-refractivity contribution in [1.29, 1.82) is 0 Å². The van der Waals surface area contributed by atoms with E-state index in [9.17, 15) is 8.42 Å². The second kappa shape index (κ2) is 4.08. The van der Waals surface area contributed by atoms with Gasteiger partial charge in [-0.15, -0.1) is 0 Å². The van der Waals surface area contributed by atoms with Gasteiger partial charge in [-0.2, -0.15) is 0 Å². The lowest BCUT2D eigenvalue weighted by Gasteiger charge is -2.25. The summed E-state index contributed by atoms with van der Waals surface area (Å²) in [5.41, 5.74) is 0. The maximum absolute atomic E-state index is 10.7. The fourth-order valence-corrected chi connectivity index (χ4v) is 1.52. The molecule has 0 aromatic carbocycles. The third-order valence-electron chi connectivity index (χ3n) is 1.48. The van der Waals surface area contributed by atoms with E-state index in [-0.39, 0.29) is 18.1 Å². The molecule has 1 aliphatic heterocycles. The molecular formula is C7H10N2O3S. The molecule has 6 heteroatoms. The predicted molar refractivity (Wildman–Crippen MR) is 49.7 cm³/mol. The van der Waals surface area contributed by atoms with E-state index in [0.29, 0.717) is 6.61 Å². The molecule has 5 nitrogen and oxygen atoms in total. The molecule has 0 aliphatic carbocycles. The zero-order valence-corrected chi connectivity index (χ0v) is 7.87. The van der Waals surface area contributed by atoms with Crippen molar-refractivity contribution >= 4 is 16.7 Å². The number of morpholine rings is 1. The number of aliphatic imine (C=N–C) groups is 1. The van der Waals surface area contributed by atoms with Gasteiger partial charge in [-0.3, -0.25) is 0 Å². The number of rotatable bonds is 2. The molecule has 0 atom stereocenters. The highest BCUT2D eigenvalue weighted by atomic mass is 32.2. The van der Waals surface area contributed by atoms with Crippen molar-refractivity contribution in [2.75, 3.05) is 13.2 Å². The topological polar surface area (TPSA) is 59.0 Å². The Balaban J connectivity index is 2.99. The molecule has 0 aromatic heterocycles. The summed E-state index contributed by atoms with van der Waals surface area (Å²) in [6.07, 6.45) is 1.25. The summed E-state index contributed by atoms with van der Waals surface area (Å²) >= 11 is 0. The van der Waals surface area contributed by atoms with E-state index in [1.165, 1.54) is 6.20 Å². The van der Waals surface area contributed by atoms with Crippen LogP contribution in [0.3, 0.4) is 0 Å². The minimum absolute atomic E-state index is 0.206. The number of amidine groups is 1.